The monoisotopic (exact) mass is 477 g/mol. The van der Waals surface area contributed by atoms with Crippen LogP contribution in [0.5, 0.6) is 11.5 Å². The van der Waals surface area contributed by atoms with E-state index in [1.165, 1.54) is 12.1 Å². The Morgan fingerprint density at radius 2 is 2.14 bits per heavy atom. The molecule has 8 heteroatoms. The minimum Gasteiger partial charge on any atom is -0.495 e. The van der Waals surface area contributed by atoms with Crippen LogP contribution in [0, 0.1) is 18.7 Å². The molecule has 35 heavy (non-hydrogen) atoms. The van der Waals surface area contributed by atoms with Crippen LogP contribution in [0.15, 0.2) is 60.2 Å². The van der Waals surface area contributed by atoms with Crippen molar-refractivity contribution in [2.45, 2.75) is 38.4 Å². The van der Waals surface area contributed by atoms with Gasteiger partial charge in [0.15, 0.2) is 5.60 Å². The summed E-state index contributed by atoms with van der Waals surface area (Å²) in [5.74, 6) is 0.666. The molecular weight excluding hydrogens is 449 g/mol. The Balaban J connectivity index is 1.46. The first-order valence-corrected chi connectivity index (χ1v) is 11.6. The largest absolute Gasteiger partial charge is 0.495 e. The van der Waals surface area contributed by atoms with Gasteiger partial charge in [-0.1, -0.05) is 17.3 Å². The summed E-state index contributed by atoms with van der Waals surface area (Å²) < 4.78 is 27.5. The topological polar surface area (TPSA) is 78.1 Å². The number of hydrogen-bond acceptors (Lipinski definition) is 6. The number of oxime groups is 1. The highest BCUT2D eigenvalue weighted by Gasteiger charge is 2.53. The number of benzene rings is 2. The van der Waals surface area contributed by atoms with Gasteiger partial charge in [-0.3, -0.25) is 0 Å². The first-order valence-electron chi connectivity index (χ1n) is 11.6. The van der Waals surface area contributed by atoms with Crippen LogP contribution in [0.2, 0.25) is 0 Å². The van der Waals surface area contributed by atoms with E-state index in [1.807, 2.05) is 48.0 Å². The molecule has 0 bridgehead atoms. The molecule has 3 heterocycles. The van der Waals surface area contributed by atoms with E-state index in [-0.39, 0.29) is 11.7 Å². The molecule has 0 fully saturated rings. The van der Waals surface area contributed by atoms with Gasteiger partial charge in [-0.2, -0.15) is 0 Å². The summed E-state index contributed by atoms with van der Waals surface area (Å²) in [6.45, 7) is 4.10. The van der Waals surface area contributed by atoms with Gasteiger partial charge in [-0.05, 0) is 62.2 Å². The second-order valence-electron chi connectivity index (χ2n) is 9.06. The predicted octanol–water partition coefficient (Wildman–Crippen LogP) is 4.79. The van der Waals surface area contributed by atoms with Crippen LogP contribution in [0.4, 0.5) is 4.39 Å². The highest BCUT2D eigenvalue weighted by Crippen LogP contribution is 2.50. The van der Waals surface area contributed by atoms with Crippen molar-refractivity contribution in [1.82, 2.24) is 9.55 Å². The third kappa shape index (κ3) is 4.30. The number of nitrogens with zero attached hydrogens (tertiary/aromatic N) is 3. The van der Waals surface area contributed by atoms with Crippen molar-refractivity contribution in [2.24, 2.45) is 11.1 Å². The summed E-state index contributed by atoms with van der Waals surface area (Å²) in [7, 11) is 1.63. The number of aliphatic hydroxyl groups is 1. The summed E-state index contributed by atoms with van der Waals surface area (Å²) in [5.41, 5.74) is 3.16. The Kier molecular flexibility index (Phi) is 6.06. The SMILES string of the molecule is COc1cc(/C=C/C2=NO[C@]3(CCOc4ccc(F)cc43)C2C[C@H](C)O)ccc1-n1cnc(C)c1. The highest BCUT2D eigenvalue weighted by molar-refractivity contribution is 6.01. The molecule has 1 spiro atoms. The average Bonchev–Trinajstić information content (AvgIpc) is 3.42. The van der Waals surface area contributed by atoms with Gasteiger partial charge in [0.1, 0.15) is 17.3 Å². The van der Waals surface area contributed by atoms with Gasteiger partial charge in [-0.15, -0.1) is 0 Å². The van der Waals surface area contributed by atoms with Crippen molar-refractivity contribution >= 4 is 11.8 Å². The first-order chi connectivity index (χ1) is 16.9. The minimum atomic E-state index is -0.882. The molecule has 3 atom stereocenters. The predicted molar refractivity (Wildman–Crippen MR) is 130 cm³/mol. The molecule has 0 amide bonds. The number of imidazole rings is 1. The zero-order valence-corrected chi connectivity index (χ0v) is 19.9. The Bertz CT molecular complexity index is 1300. The number of methoxy groups -OCH3 is 1. The van der Waals surface area contributed by atoms with Crippen molar-refractivity contribution in [3.63, 3.8) is 0 Å². The van der Waals surface area contributed by atoms with E-state index in [0.717, 1.165) is 16.9 Å². The molecule has 2 aliphatic heterocycles. The smallest absolute Gasteiger partial charge is 0.178 e. The number of ether oxygens (including phenoxy) is 2. The fourth-order valence-electron chi connectivity index (χ4n) is 4.91. The third-order valence-corrected chi connectivity index (χ3v) is 6.58. The van der Waals surface area contributed by atoms with E-state index in [9.17, 15) is 9.50 Å². The second-order valence-corrected chi connectivity index (χ2v) is 9.06. The number of halogens is 1. The zero-order valence-electron chi connectivity index (χ0n) is 19.9. The maximum absolute atomic E-state index is 14.2. The summed E-state index contributed by atoms with van der Waals surface area (Å²) >= 11 is 0. The summed E-state index contributed by atoms with van der Waals surface area (Å²) in [6.07, 6.45) is 7.86. The molecule has 1 aromatic heterocycles. The molecule has 2 aliphatic rings. The number of allylic oxidation sites excluding steroid dienone is 1. The van der Waals surface area contributed by atoms with Gasteiger partial charge in [-0.25, -0.2) is 9.37 Å². The number of aromatic nitrogens is 2. The minimum absolute atomic E-state index is 0.265. The Labute approximate surface area is 203 Å². The maximum atomic E-state index is 14.2. The van der Waals surface area contributed by atoms with Crippen molar-refractivity contribution in [2.75, 3.05) is 13.7 Å². The van der Waals surface area contributed by atoms with Crippen molar-refractivity contribution in [3.8, 4) is 17.2 Å². The Morgan fingerprint density at radius 1 is 1.29 bits per heavy atom. The number of rotatable bonds is 6. The van der Waals surface area contributed by atoms with Crippen LogP contribution in [-0.2, 0) is 10.4 Å². The van der Waals surface area contributed by atoms with E-state index in [4.69, 9.17) is 14.3 Å². The summed E-state index contributed by atoms with van der Waals surface area (Å²) in [5, 5.41) is 14.7. The van der Waals surface area contributed by atoms with Crippen LogP contribution in [-0.4, -0.2) is 40.2 Å². The molecule has 5 rings (SSSR count). The lowest BCUT2D eigenvalue weighted by atomic mass is 9.73. The van der Waals surface area contributed by atoms with Crippen LogP contribution in [0.1, 0.15) is 36.6 Å². The van der Waals surface area contributed by atoms with E-state index in [2.05, 4.69) is 10.1 Å². The molecule has 0 aliphatic carbocycles. The molecule has 0 radical (unpaired) electrons. The van der Waals surface area contributed by atoms with Gasteiger partial charge in [0.2, 0.25) is 0 Å². The van der Waals surface area contributed by atoms with Gasteiger partial charge in [0.05, 0.1) is 49.2 Å². The van der Waals surface area contributed by atoms with E-state index in [1.54, 1.807) is 26.4 Å². The molecule has 3 aromatic rings. The Morgan fingerprint density at radius 3 is 2.89 bits per heavy atom. The lowest BCUT2D eigenvalue weighted by molar-refractivity contribution is -0.0826. The quantitative estimate of drug-likeness (QED) is 0.552. The van der Waals surface area contributed by atoms with Crippen LogP contribution in [0.3, 0.4) is 0 Å². The van der Waals surface area contributed by atoms with Gasteiger partial charge in [0.25, 0.3) is 0 Å². The molecular formula is C27H28FN3O4. The van der Waals surface area contributed by atoms with Crippen molar-refractivity contribution in [3.05, 3.63) is 77.6 Å². The molecule has 1 unspecified atom stereocenters. The molecule has 7 nitrogen and oxygen atoms in total. The number of aryl methyl sites for hydroxylation is 1. The molecule has 0 saturated carbocycles. The highest BCUT2D eigenvalue weighted by atomic mass is 19.1. The Hall–Kier alpha value is -3.65. The standard InChI is InChI=1S/C27H28FN3O4/c1-17-15-31(16-29-17)24-8-5-19(13-26(24)33-3)4-7-23-21(12-18(2)32)27(35-30-23)10-11-34-25-9-6-20(28)14-22(25)27/h4-9,13-16,18,21,32H,10-12H2,1-3H3/b7-4+/t18-,21?,27+/m0/s1. The fraction of sp³-hybridized carbons (Fsp3) is 0.333. The van der Waals surface area contributed by atoms with E-state index < -0.39 is 11.7 Å². The lowest BCUT2D eigenvalue weighted by Crippen LogP contribution is -2.42. The molecule has 0 saturated heterocycles. The first kappa shape index (κ1) is 23.1. The fourth-order valence-corrected chi connectivity index (χ4v) is 4.91. The number of aliphatic hydroxyl groups excluding tert-OH is 1. The number of hydrogen-bond donors (Lipinski definition) is 1. The summed E-state index contributed by atoms with van der Waals surface area (Å²) in [4.78, 5) is 10.3. The summed E-state index contributed by atoms with van der Waals surface area (Å²) in [6, 6.07) is 10.3. The van der Waals surface area contributed by atoms with Gasteiger partial charge < -0.3 is 24.0 Å². The molecule has 182 valence electrons. The van der Waals surface area contributed by atoms with Gasteiger partial charge >= 0.3 is 0 Å². The average molecular weight is 478 g/mol. The van der Waals surface area contributed by atoms with Crippen molar-refractivity contribution < 1.29 is 23.8 Å². The van der Waals surface area contributed by atoms with Crippen molar-refractivity contribution in [1.29, 1.82) is 0 Å². The van der Waals surface area contributed by atoms with Crippen LogP contribution >= 0.6 is 0 Å². The van der Waals surface area contributed by atoms with Crippen LogP contribution < -0.4 is 9.47 Å². The third-order valence-electron chi connectivity index (χ3n) is 6.58. The van der Waals surface area contributed by atoms with Crippen LogP contribution in [0.25, 0.3) is 11.8 Å². The normalized spacial score (nSPS) is 22.0. The van der Waals surface area contributed by atoms with Gasteiger partial charge in [0, 0.05) is 18.2 Å². The van der Waals surface area contributed by atoms with E-state index >= 15 is 0 Å². The molecule has 1 N–H and O–H groups in total. The second kappa shape index (κ2) is 9.19. The molecule has 2 aromatic carbocycles. The van der Waals surface area contributed by atoms with E-state index in [0.29, 0.717) is 42.2 Å². The number of fused-ring (bicyclic) bond motifs is 2. The maximum Gasteiger partial charge on any atom is 0.178 e. The lowest BCUT2D eigenvalue weighted by Gasteiger charge is -2.38. The zero-order chi connectivity index (χ0) is 24.6.